The number of carbonyl (C=O) groups excluding carboxylic acids is 1. The second kappa shape index (κ2) is 7.81. The standard InChI is InChI=1S/C17H24N4O2S/c1-12-9-21(10-16(23-12)15-5-7-24-11-15)17(22)18-6-3-4-14-8-19-20-13(14)2/h5,7-8,11-12,16H,3-4,6,9-10H2,1-2H3,(H,18,22)(H,19,20). The van der Waals surface area contributed by atoms with Gasteiger partial charge >= 0.3 is 6.03 Å². The zero-order valence-electron chi connectivity index (χ0n) is 14.1. The molecule has 2 aromatic rings. The first kappa shape index (κ1) is 17.0. The van der Waals surface area contributed by atoms with Gasteiger partial charge in [-0.3, -0.25) is 5.10 Å². The minimum absolute atomic E-state index is 0.00528. The fraction of sp³-hybridized carbons (Fsp3) is 0.529. The average Bonchev–Trinajstić information content (AvgIpc) is 3.23. The summed E-state index contributed by atoms with van der Waals surface area (Å²) in [5, 5.41) is 14.1. The number of aromatic nitrogens is 2. The van der Waals surface area contributed by atoms with Crippen molar-refractivity contribution in [1.29, 1.82) is 0 Å². The van der Waals surface area contributed by atoms with E-state index in [1.807, 2.05) is 30.3 Å². The quantitative estimate of drug-likeness (QED) is 0.816. The largest absolute Gasteiger partial charge is 0.367 e. The Bertz CT molecular complexity index is 655. The Hall–Kier alpha value is -1.86. The van der Waals surface area contributed by atoms with Crippen LogP contribution in [0.5, 0.6) is 0 Å². The number of urea groups is 1. The van der Waals surface area contributed by atoms with Crippen molar-refractivity contribution in [2.75, 3.05) is 19.6 Å². The molecule has 0 radical (unpaired) electrons. The van der Waals surface area contributed by atoms with E-state index in [-0.39, 0.29) is 18.2 Å². The summed E-state index contributed by atoms with van der Waals surface area (Å²) in [6, 6.07) is 2.06. The highest BCUT2D eigenvalue weighted by molar-refractivity contribution is 7.07. The Labute approximate surface area is 146 Å². The molecule has 0 aromatic carbocycles. The molecule has 24 heavy (non-hydrogen) atoms. The summed E-state index contributed by atoms with van der Waals surface area (Å²) in [5.41, 5.74) is 3.46. The van der Waals surface area contributed by atoms with Crippen LogP contribution < -0.4 is 5.32 Å². The summed E-state index contributed by atoms with van der Waals surface area (Å²) >= 11 is 1.65. The molecule has 2 N–H and O–H groups in total. The lowest BCUT2D eigenvalue weighted by Crippen LogP contribution is -2.50. The first-order valence-electron chi connectivity index (χ1n) is 8.32. The van der Waals surface area contributed by atoms with Gasteiger partial charge in [0, 0.05) is 18.8 Å². The zero-order chi connectivity index (χ0) is 16.9. The summed E-state index contributed by atoms with van der Waals surface area (Å²) in [6.45, 7) is 5.93. The van der Waals surface area contributed by atoms with E-state index in [1.54, 1.807) is 11.3 Å². The van der Waals surface area contributed by atoms with Crippen LogP contribution in [0.3, 0.4) is 0 Å². The number of H-pyrrole nitrogens is 1. The Morgan fingerprint density at radius 2 is 2.42 bits per heavy atom. The molecule has 0 bridgehead atoms. The number of aryl methyl sites for hydroxylation is 2. The molecule has 130 valence electrons. The Morgan fingerprint density at radius 1 is 1.54 bits per heavy atom. The van der Waals surface area contributed by atoms with Gasteiger partial charge in [-0.05, 0) is 54.6 Å². The van der Waals surface area contributed by atoms with Crippen LogP contribution in [-0.2, 0) is 11.2 Å². The van der Waals surface area contributed by atoms with Crippen molar-refractivity contribution >= 4 is 17.4 Å². The van der Waals surface area contributed by atoms with E-state index in [0.29, 0.717) is 19.6 Å². The lowest BCUT2D eigenvalue weighted by Gasteiger charge is -2.36. The third-order valence-electron chi connectivity index (χ3n) is 4.30. The molecule has 2 aromatic heterocycles. The summed E-state index contributed by atoms with van der Waals surface area (Å²) in [5.74, 6) is 0. The van der Waals surface area contributed by atoms with E-state index in [9.17, 15) is 4.79 Å². The molecule has 2 unspecified atom stereocenters. The number of amides is 2. The van der Waals surface area contributed by atoms with Crippen LogP contribution in [0.1, 0.15) is 36.3 Å². The van der Waals surface area contributed by atoms with E-state index in [2.05, 4.69) is 27.0 Å². The van der Waals surface area contributed by atoms with E-state index < -0.39 is 0 Å². The smallest absolute Gasteiger partial charge is 0.317 e. The highest BCUT2D eigenvalue weighted by Crippen LogP contribution is 2.26. The van der Waals surface area contributed by atoms with Crippen molar-refractivity contribution in [3.63, 3.8) is 0 Å². The molecular weight excluding hydrogens is 324 g/mol. The first-order valence-corrected chi connectivity index (χ1v) is 9.27. The van der Waals surface area contributed by atoms with Gasteiger partial charge in [-0.1, -0.05) is 0 Å². The normalized spacial score (nSPS) is 21.0. The highest BCUT2D eigenvalue weighted by Gasteiger charge is 2.29. The Balaban J connectivity index is 1.46. The molecule has 7 heteroatoms. The Morgan fingerprint density at radius 3 is 3.12 bits per heavy atom. The van der Waals surface area contributed by atoms with Crippen LogP contribution >= 0.6 is 11.3 Å². The molecule has 0 saturated carbocycles. The molecule has 0 aliphatic carbocycles. The van der Waals surface area contributed by atoms with Crippen molar-refractivity contribution in [2.24, 2.45) is 0 Å². The minimum atomic E-state index is -0.0284. The van der Waals surface area contributed by atoms with E-state index in [0.717, 1.165) is 24.1 Å². The number of hydrogen-bond acceptors (Lipinski definition) is 4. The number of ether oxygens (including phenoxy) is 1. The SMILES string of the molecule is Cc1[nH]ncc1CCCNC(=O)N1CC(C)OC(c2ccsc2)C1. The second-order valence-electron chi connectivity index (χ2n) is 6.25. The fourth-order valence-electron chi connectivity index (χ4n) is 2.97. The van der Waals surface area contributed by atoms with E-state index >= 15 is 0 Å². The number of carbonyl (C=O) groups is 1. The third kappa shape index (κ3) is 4.15. The second-order valence-corrected chi connectivity index (χ2v) is 7.03. The maximum absolute atomic E-state index is 12.4. The highest BCUT2D eigenvalue weighted by atomic mass is 32.1. The first-order chi connectivity index (χ1) is 11.6. The molecule has 1 aliphatic rings. The molecule has 0 spiro atoms. The van der Waals surface area contributed by atoms with E-state index in [1.165, 1.54) is 5.56 Å². The molecule has 3 heterocycles. The lowest BCUT2D eigenvalue weighted by molar-refractivity contribution is -0.0654. The van der Waals surface area contributed by atoms with Crippen LogP contribution in [0.4, 0.5) is 4.79 Å². The van der Waals surface area contributed by atoms with Gasteiger partial charge in [-0.25, -0.2) is 4.79 Å². The number of nitrogens with one attached hydrogen (secondary N) is 2. The molecule has 1 fully saturated rings. The van der Waals surface area contributed by atoms with Crippen molar-refractivity contribution in [3.05, 3.63) is 39.8 Å². The topological polar surface area (TPSA) is 70.2 Å². The van der Waals surface area contributed by atoms with Crippen LogP contribution in [0.25, 0.3) is 0 Å². The summed E-state index contributed by atoms with van der Waals surface area (Å²) in [6.07, 6.45) is 3.69. The van der Waals surface area contributed by atoms with Crippen molar-refractivity contribution in [2.45, 2.75) is 38.9 Å². The molecule has 2 amide bonds. The maximum atomic E-state index is 12.4. The molecule has 1 saturated heterocycles. The van der Waals surface area contributed by atoms with Crippen LogP contribution in [0, 0.1) is 6.92 Å². The van der Waals surface area contributed by atoms with Crippen molar-refractivity contribution in [1.82, 2.24) is 20.4 Å². The minimum Gasteiger partial charge on any atom is -0.367 e. The van der Waals surface area contributed by atoms with Crippen LogP contribution in [0.15, 0.2) is 23.0 Å². The van der Waals surface area contributed by atoms with Gasteiger partial charge in [0.25, 0.3) is 0 Å². The number of aromatic amines is 1. The van der Waals surface area contributed by atoms with Gasteiger partial charge < -0.3 is 15.0 Å². The van der Waals surface area contributed by atoms with E-state index in [4.69, 9.17) is 4.74 Å². The van der Waals surface area contributed by atoms with Gasteiger partial charge in [0.1, 0.15) is 6.10 Å². The van der Waals surface area contributed by atoms with Gasteiger partial charge in [0.15, 0.2) is 0 Å². The third-order valence-corrected chi connectivity index (χ3v) is 5.00. The molecule has 2 atom stereocenters. The molecular formula is C17H24N4O2S. The monoisotopic (exact) mass is 348 g/mol. The van der Waals surface area contributed by atoms with Crippen molar-refractivity contribution in [3.8, 4) is 0 Å². The molecule has 1 aliphatic heterocycles. The maximum Gasteiger partial charge on any atom is 0.317 e. The number of thiophene rings is 1. The number of rotatable bonds is 5. The van der Waals surface area contributed by atoms with Crippen LogP contribution in [0.2, 0.25) is 0 Å². The predicted octanol–water partition coefficient (Wildman–Crippen LogP) is 2.88. The summed E-state index contributed by atoms with van der Waals surface area (Å²) < 4.78 is 5.97. The predicted molar refractivity (Wildman–Crippen MR) is 94.2 cm³/mol. The number of nitrogens with zero attached hydrogens (tertiary/aromatic N) is 2. The van der Waals surface area contributed by atoms with Gasteiger partial charge in [-0.2, -0.15) is 16.4 Å². The summed E-state index contributed by atoms with van der Waals surface area (Å²) in [7, 11) is 0. The van der Waals surface area contributed by atoms with Gasteiger partial charge in [-0.15, -0.1) is 0 Å². The zero-order valence-corrected chi connectivity index (χ0v) is 14.9. The van der Waals surface area contributed by atoms with Crippen LogP contribution in [-0.4, -0.2) is 46.9 Å². The van der Waals surface area contributed by atoms with Crippen molar-refractivity contribution < 1.29 is 9.53 Å². The molecule has 6 nitrogen and oxygen atoms in total. The average molecular weight is 348 g/mol. The fourth-order valence-corrected chi connectivity index (χ4v) is 3.67. The van der Waals surface area contributed by atoms with Gasteiger partial charge in [0.2, 0.25) is 0 Å². The summed E-state index contributed by atoms with van der Waals surface area (Å²) in [4.78, 5) is 14.3. The molecule has 3 rings (SSSR count). The number of morpholine rings is 1. The van der Waals surface area contributed by atoms with Gasteiger partial charge in [0.05, 0.1) is 18.8 Å². The Kier molecular flexibility index (Phi) is 5.52. The number of hydrogen-bond donors (Lipinski definition) is 2. The lowest BCUT2D eigenvalue weighted by atomic mass is 10.1.